The van der Waals surface area contributed by atoms with E-state index < -0.39 is 0 Å². The SMILES string of the molecule is CCCCOc1ccc(-c2noc(-c3ccccc3Cl)n2)cc1. The molecule has 0 saturated heterocycles. The van der Waals surface area contributed by atoms with Crippen molar-refractivity contribution in [2.45, 2.75) is 19.8 Å². The second-order valence-electron chi connectivity index (χ2n) is 5.13. The molecule has 0 aliphatic heterocycles. The molecule has 3 aromatic rings. The van der Waals surface area contributed by atoms with Gasteiger partial charge >= 0.3 is 0 Å². The number of unbranched alkanes of at least 4 members (excludes halogenated alkanes) is 1. The van der Waals surface area contributed by atoms with Crippen molar-refractivity contribution < 1.29 is 9.26 Å². The van der Waals surface area contributed by atoms with E-state index in [1.165, 1.54) is 0 Å². The molecule has 1 heterocycles. The summed E-state index contributed by atoms with van der Waals surface area (Å²) in [7, 11) is 0. The van der Waals surface area contributed by atoms with Crippen molar-refractivity contribution in [3.05, 3.63) is 53.6 Å². The van der Waals surface area contributed by atoms with Gasteiger partial charge in [-0.05, 0) is 42.8 Å². The van der Waals surface area contributed by atoms with Gasteiger partial charge in [-0.3, -0.25) is 0 Å². The molecule has 0 saturated carbocycles. The molecule has 0 aliphatic rings. The maximum absolute atomic E-state index is 6.15. The minimum atomic E-state index is 0.411. The standard InChI is InChI=1S/C18H17ClN2O2/c1-2-3-12-22-14-10-8-13(9-11-14)17-20-18(23-21-17)15-6-4-5-7-16(15)19/h4-11H,2-3,12H2,1H3. The molecule has 0 fully saturated rings. The molecule has 0 atom stereocenters. The molecule has 0 bridgehead atoms. The summed E-state index contributed by atoms with van der Waals surface area (Å²) >= 11 is 6.15. The van der Waals surface area contributed by atoms with Gasteiger partial charge in [0.05, 0.1) is 17.2 Å². The smallest absolute Gasteiger partial charge is 0.259 e. The summed E-state index contributed by atoms with van der Waals surface area (Å²) in [5, 5.41) is 4.61. The summed E-state index contributed by atoms with van der Waals surface area (Å²) in [6.07, 6.45) is 2.17. The van der Waals surface area contributed by atoms with Crippen molar-refractivity contribution >= 4 is 11.6 Å². The molecular formula is C18H17ClN2O2. The van der Waals surface area contributed by atoms with E-state index in [-0.39, 0.29) is 0 Å². The summed E-state index contributed by atoms with van der Waals surface area (Å²) in [6, 6.07) is 15.1. The zero-order valence-corrected chi connectivity index (χ0v) is 13.6. The Hall–Kier alpha value is -2.33. The van der Waals surface area contributed by atoms with Crippen molar-refractivity contribution in [1.29, 1.82) is 0 Å². The lowest BCUT2D eigenvalue weighted by molar-refractivity contribution is 0.309. The third-order valence-electron chi connectivity index (χ3n) is 3.41. The van der Waals surface area contributed by atoms with Gasteiger partial charge in [0.1, 0.15) is 5.75 Å². The highest BCUT2D eigenvalue weighted by Crippen LogP contribution is 2.28. The predicted octanol–water partition coefficient (Wildman–Crippen LogP) is 5.24. The van der Waals surface area contributed by atoms with Gasteiger partial charge < -0.3 is 9.26 Å². The van der Waals surface area contributed by atoms with Gasteiger partial charge in [0.25, 0.3) is 5.89 Å². The fraction of sp³-hybridized carbons (Fsp3) is 0.222. The van der Waals surface area contributed by atoms with E-state index in [9.17, 15) is 0 Å². The fourth-order valence-electron chi connectivity index (χ4n) is 2.12. The van der Waals surface area contributed by atoms with Gasteiger partial charge in [-0.2, -0.15) is 4.98 Å². The quantitative estimate of drug-likeness (QED) is 0.581. The molecule has 0 aliphatic carbocycles. The van der Waals surface area contributed by atoms with E-state index in [1.54, 1.807) is 6.07 Å². The van der Waals surface area contributed by atoms with Gasteiger partial charge in [-0.15, -0.1) is 0 Å². The number of halogens is 1. The average Bonchev–Trinajstić information content (AvgIpc) is 3.06. The molecule has 0 radical (unpaired) electrons. The van der Waals surface area contributed by atoms with Crippen LogP contribution in [-0.4, -0.2) is 16.7 Å². The van der Waals surface area contributed by atoms with E-state index >= 15 is 0 Å². The zero-order valence-electron chi connectivity index (χ0n) is 12.8. The van der Waals surface area contributed by atoms with Crippen LogP contribution in [-0.2, 0) is 0 Å². The summed E-state index contributed by atoms with van der Waals surface area (Å²) in [5.74, 6) is 1.78. The van der Waals surface area contributed by atoms with E-state index in [0.29, 0.717) is 16.7 Å². The van der Waals surface area contributed by atoms with Crippen LogP contribution in [0.1, 0.15) is 19.8 Å². The van der Waals surface area contributed by atoms with Crippen LogP contribution in [0.5, 0.6) is 5.75 Å². The maximum atomic E-state index is 6.15. The first-order valence-electron chi connectivity index (χ1n) is 7.60. The summed E-state index contributed by atoms with van der Waals surface area (Å²) in [4.78, 5) is 4.41. The monoisotopic (exact) mass is 328 g/mol. The Morgan fingerprint density at radius 2 is 1.87 bits per heavy atom. The molecule has 0 spiro atoms. The van der Waals surface area contributed by atoms with E-state index in [2.05, 4.69) is 17.1 Å². The first-order valence-corrected chi connectivity index (χ1v) is 7.97. The molecule has 4 nitrogen and oxygen atoms in total. The molecule has 3 rings (SSSR count). The first kappa shape index (κ1) is 15.6. The van der Waals surface area contributed by atoms with Crippen LogP contribution in [0.25, 0.3) is 22.8 Å². The molecule has 0 amide bonds. The Morgan fingerprint density at radius 3 is 2.61 bits per heavy atom. The highest BCUT2D eigenvalue weighted by atomic mass is 35.5. The van der Waals surface area contributed by atoms with Gasteiger partial charge in [0.2, 0.25) is 5.82 Å². The van der Waals surface area contributed by atoms with Crippen LogP contribution >= 0.6 is 11.6 Å². The zero-order chi connectivity index (χ0) is 16.1. The molecule has 0 unspecified atom stereocenters. The lowest BCUT2D eigenvalue weighted by Crippen LogP contribution is -1.96. The normalized spacial score (nSPS) is 10.7. The van der Waals surface area contributed by atoms with Crippen LogP contribution in [0.2, 0.25) is 5.02 Å². The third-order valence-corrected chi connectivity index (χ3v) is 3.74. The topological polar surface area (TPSA) is 48.2 Å². The fourth-order valence-corrected chi connectivity index (χ4v) is 2.34. The Bertz CT molecular complexity index is 769. The molecular weight excluding hydrogens is 312 g/mol. The predicted molar refractivity (Wildman–Crippen MR) is 90.6 cm³/mol. The second-order valence-corrected chi connectivity index (χ2v) is 5.54. The molecule has 1 aromatic heterocycles. The number of rotatable bonds is 6. The van der Waals surface area contributed by atoms with Gasteiger partial charge in [-0.25, -0.2) is 0 Å². The van der Waals surface area contributed by atoms with Crippen molar-refractivity contribution in [3.8, 4) is 28.6 Å². The minimum absolute atomic E-state index is 0.411. The van der Waals surface area contributed by atoms with Crippen molar-refractivity contribution in [2.24, 2.45) is 0 Å². The number of nitrogens with zero attached hydrogens (tertiary/aromatic N) is 2. The summed E-state index contributed by atoms with van der Waals surface area (Å²) in [5.41, 5.74) is 1.60. The molecule has 118 valence electrons. The molecule has 23 heavy (non-hydrogen) atoms. The van der Waals surface area contributed by atoms with Gasteiger partial charge in [0.15, 0.2) is 0 Å². The Labute approximate surface area is 140 Å². The Morgan fingerprint density at radius 1 is 1.09 bits per heavy atom. The number of hydrogen-bond donors (Lipinski definition) is 0. The average molecular weight is 329 g/mol. The van der Waals surface area contributed by atoms with Crippen molar-refractivity contribution in [3.63, 3.8) is 0 Å². The van der Waals surface area contributed by atoms with Crippen LogP contribution < -0.4 is 4.74 Å². The summed E-state index contributed by atoms with van der Waals surface area (Å²) in [6.45, 7) is 2.87. The minimum Gasteiger partial charge on any atom is -0.494 e. The van der Waals surface area contributed by atoms with E-state index in [0.717, 1.165) is 36.3 Å². The van der Waals surface area contributed by atoms with Crippen molar-refractivity contribution in [1.82, 2.24) is 10.1 Å². The Balaban J connectivity index is 1.77. The number of aromatic nitrogens is 2. The van der Waals surface area contributed by atoms with Crippen LogP contribution in [0.4, 0.5) is 0 Å². The van der Waals surface area contributed by atoms with E-state index in [4.69, 9.17) is 20.9 Å². The third kappa shape index (κ3) is 3.71. The Kier molecular flexibility index (Phi) is 4.93. The highest BCUT2D eigenvalue weighted by Gasteiger charge is 2.13. The lowest BCUT2D eigenvalue weighted by Gasteiger charge is -2.05. The number of hydrogen-bond acceptors (Lipinski definition) is 4. The largest absolute Gasteiger partial charge is 0.494 e. The molecule has 2 aromatic carbocycles. The lowest BCUT2D eigenvalue weighted by atomic mass is 10.2. The van der Waals surface area contributed by atoms with Gasteiger partial charge in [-0.1, -0.05) is 42.2 Å². The van der Waals surface area contributed by atoms with Crippen LogP contribution in [0.15, 0.2) is 53.1 Å². The number of benzene rings is 2. The van der Waals surface area contributed by atoms with Gasteiger partial charge in [0, 0.05) is 5.56 Å². The van der Waals surface area contributed by atoms with E-state index in [1.807, 2.05) is 42.5 Å². The molecule has 0 N–H and O–H groups in total. The first-order chi connectivity index (χ1) is 11.3. The highest BCUT2D eigenvalue weighted by molar-refractivity contribution is 6.33. The van der Waals surface area contributed by atoms with Crippen LogP contribution in [0, 0.1) is 0 Å². The second kappa shape index (κ2) is 7.29. The van der Waals surface area contributed by atoms with Crippen LogP contribution in [0.3, 0.4) is 0 Å². The van der Waals surface area contributed by atoms with Crippen molar-refractivity contribution in [2.75, 3.05) is 6.61 Å². The maximum Gasteiger partial charge on any atom is 0.259 e. The summed E-state index contributed by atoms with van der Waals surface area (Å²) < 4.78 is 11.0. The number of ether oxygens (including phenoxy) is 1. The molecule has 5 heteroatoms.